The summed E-state index contributed by atoms with van der Waals surface area (Å²) in [5.74, 6) is 2.88. The quantitative estimate of drug-likeness (QED) is 0.891. The maximum Gasteiger partial charge on any atom is 0.0682 e. The summed E-state index contributed by atoms with van der Waals surface area (Å²) in [6, 6.07) is 8.48. The number of aliphatic hydroxyl groups excluding tert-OH is 1. The van der Waals surface area contributed by atoms with E-state index in [0.29, 0.717) is 0 Å². The molecule has 19 heavy (non-hydrogen) atoms. The van der Waals surface area contributed by atoms with Crippen molar-refractivity contribution in [2.24, 2.45) is 17.8 Å². The SMILES string of the molecule is OCc1ccc2ccn(CC3CC4CCC3C4)c2c1. The van der Waals surface area contributed by atoms with E-state index in [9.17, 15) is 5.11 Å². The Hall–Kier alpha value is -1.28. The van der Waals surface area contributed by atoms with Gasteiger partial charge in [0.15, 0.2) is 0 Å². The van der Waals surface area contributed by atoms with Crippen LogP contribution in [0.4, 0.5) is 0 Å². The largest absolute Gasteiger partial charge is 0.392 e. The molecule has 2 aromatic rings. The van der Waals surface area contributed by atoms with Gasteiger partial charge in [-0.2, -0.15) is 0 Å². The van der Waals surface area contributed by atoms with E-state index in [1.807, 2.05) is 6.07 Å². The molecule has 2 bridgehead atoms. The van der Waals surface area contributed by atoms with Crippen LogP contribution in [0.3, 0.4) is 0 Å². The molecule has 1 aromatic heterocycles. The van der Waals surface area contributed by atoms with Crippen molar-refractivity contribution in [1.29, 1.82) is 0 Å². The summed E-state index contributed by atoms with van der Waals surface area (Å²) in [5, 5.41) is 10.6. The molecule has 2 heteroatoms. The monoisotopic (exact) mass is 255 g/mol. The molecule has 1 aromatic carbocycles. The maximum absolute atomic E-state index is 9.29. The second-order valence-electron chi connectivity index (χ2n) is 6.45. The second-order valence-corrected chi connectivity index (χ2v) is 6.45. The van der Waals surface area contributed by atoms with Crippen LogP contribution in [0, 0.1) is 17.8 Å². The molecule has 0 radical (unpaired) electrons. The van der Waals surface area contributed by atoms with E-state index in [-0.39, 0.29) is 6.61 Å². The van der Waals surface area contributed by atoms with Gasteiger partial charge in [-0.25, -0.2) is 0 Å². The lowest BCUT2D eigenvalue weighted by atomic mass is 9.89. The minimum atomic E-state index is 0.134. The lowest BCUT2D eigenvalue weighted by molar-refractivity contribution is 0.282. The summed E-state index contributed by atoms with van der Waals surface area (Å²) < 4.78 is 2.40. The summed E-state index contributed by atoms with van der Waals surface area (Å²) in [4.78, 5) is 0. The Morgan fingerprint density at radius 2 is 2.11 bits per heavy atom. The van der Waals surface area contributed by atoms with Crippen molar-refractivity contribution < 1.29 is 5.11 Å². The van der Waals surface area contributed by atoms with Crippen LogP contribution in [-0.4, -0.2) is 9.67 Å². The zero-order chi connectivity index (χ0) is 12.8. The molecule has 100 valence electrons. The van der Waals surface area contributed by atoms with E-state index in [1.54, 1.807) is 0 Å². The van der Waals surface area contributed by atoms with Crippen molar-refractivity contribution in [1.82, 2.24) is 4.57 Å². The standard InChI is InChI=1S/C17H21NO/c19-11-13-2-3-14-5-6-18(17(14)9-13)10-16-8-12-1-4-15(16)7-12/h2-3,5-6,9,12,15-16,19H,1,4,7-8,10-11H2. The molecule has 4 rings (SSSR count). The van der Waals surface area contributed by atoms with Gasteiger partial charge in [0.2, 0.25) is 0 Å². The molecular formula is C17H21NO. The number of hydrogen-bond donors (Lipinski definition) is 1. The number of hydrogen-bond acceptors (Lipinski definition) is 1. The van der Waals surface area contributed by atoms with E-state index in [4.69, 9.17) is 0 Å². The third kappa shape index (κ3) is 1.90. The van der Waals surface area contributed by atoms with E-state index in [0.717, 1.165) is 23.3 Å². The normalized spacial score (nSPS) is 29.4. The number of benzene rings is 1. The minimum absolute atomic E-state index is 0.134. The third-order valence-electron chi connectivity index (χ3n) is 5.34. The molecule has 1 N–H and O–H groups in total. The maximum atomic E-state index is 9.29. The summed E-state index contributed by atoms with van der Waals surface area (Å²) in [6.45, 7) is 1.30. The van der Waals surface area contributed by atoms with Crippen LogP contribution < -0.4 is 0 Å². The number of nitrogens with zero attached hydrogens (tertiary/aromatic N) is 1. The molecule has 2 aliphatic carbocycles. The molecule has 0 spiro atoms. The number of fused-ring (bicyclic) bond motifs is 3. The van der Waals surface area contributed by atoms with Gasteiger partial charge in [-0.05, 0) is 60.1 Å². The van der Waals surface area contributed by atoms with Gasteiger partial charge >= 0.3 is 0 Å². The highest BCUT2D eigenvalue weighted by Gasteiger charge is 2.39. The lowest BCUT2D eigenvalue weighted by Crippen LogP contribution is -2.16. The van der Waals surface area contributed by atoms with Crippen LogP contribution in [0.5, 0.6) is 0 Å². The summed E-state index contributed by atoms with van der Waals surface area (Å²) in [6.07, 6.45) is 8.06. The lowest BCUT2D eigenvalue weighted by Gasteiger charge is -2.22. The van der Waals surface area contributed by atoms with Crippen LogP contribution in [-0.2, 0) is 13.2 Å². The third-order valence-corrected chi connectivity index (χ3v) is 5.34. The fourth-order valence-corrected chi connectivity index (χ4v) is 4.34. The van der Waals surface area contributed by atoms with Gasteiger partial charge < -0.3 is 9.67 Å². The Morgan fingerprint density at radius 3 is 2.84 bits per heavy atom. The zero-order valence-corrected chi connectivity index (χ0v) is 11.3. The van der Waals surface area contributed by atoms with E-state index < -0.39 is 0 Å². The molecule has 0 saturated heterocycles. The highest BCUT2D eigenvalue weighted by molar-refractivity contribution is 5.80. The van der Waals surface area contributed by atoms with Crippen LogP contribution in [0.2, 0.25) is 0 Å². The first kappa shape index (κ1) is 11.5. The number of aromatic nitrogens is 1. The molecule has 3 unspecified atom stereocenters. The van der Waals surface area contributed by atoms with Gasteiger partial charge in [-0.1, -0.05) is 18.6 Å². The van der Waals surface area contributed by atoms with Crippen molar-refractivity contribution in [2.45, 2.75) is 38.8 Å². The first-order valence-electron chi connectivity index (χ1n) is 7.52. The smallest absolute Gasteiger partial charge is 0.0682 e. The van der Waals surface area contributed by atoms with E-state index >= 15 is 0 Å². The van der Waals surface area contributed by atoms with Crippen molar-refractivity contribution >= 4 is 10.9 Å². The first-order chi connectivity index (χ1) is 9.33. The van der Waals surface area contributed by atoms with Gasteiger partial charge in [0.05, 0.1) is 6.61 Å². The van der Waals surface area contributed by atoms with Crippen molar-refractivity contribution in [3.05, 3.63) is 36.0 Å². The molecule has 2 saturated carbocycles. The average Bonchev–Trinajstić information content (AvgIpc) is 3.14. The molecular weight excluding hydrogens is 234 g/mol. The fourth-order valence-electron chi connectivity index (χ4n) is 4.34. The zero-order valence-electron chi connectivity index (χ0n) is 11.3. The highest BCUT2D eigenvalue weighted by Crippen LogP contribution is 2.49. The van der Waals surface area contributed by atoms with Crippen molar-refractivity contribution in [3.63, 3.8) is 0 Å². The molecule has 0 aliphatic heterocycles. The second kappa shape index (κ2) is 4.38. The summed E-state index contributed by atoms with van der Waals surface area (Å²) >= 11 is 0. The number of rotatable bonds is 3. The Kier molecular flexibility index (Phi) is 2.66. The minimum Gasteiger partial charge on any atom is -0.392 e. The van der Waals surface area contributed by atoms with Gasteiger partial charge in [0.1, 0.15) is 0 Å². The van der Waals surface area contributed by atoms with Gasteiger partial charge in [0.25, 0.3) is 0 Å². The van der Waals surface area contributed by atoms with E-state index in [1.165, 1.54) is 43.1 Å². The van der Waals surface area contributed by atoms with Crippen LogP contribution in [0.25, 0.3) is 10.9 Å². The van der Waals surface area contributed by atoms with Crippen LogP contribution in [0.15, 0.2) is 30.5 Å². The first-order valence-corrected chi connectivity index (χ1v) is 7.52. The highest BCUT2D eigenvalue weighted by atomic mass is 16.3. The molecule has 2 aliphatic rings. The van der Waals surface area contributed by atoms with Gasteiger partial charge in [-0.15, -0.1) is 0 Å². The molecule has 2 fully saturated rings. The van der Waals surface area contributed by atoms with Gasteiger partial charge in [0, 0.05) is 18.3 Å². The number of aliphatic hydroxyl groups is 1. The van der Waals surface area contributed by atoms with Crippen LogP contribution in [0.1, 0.15) is 31.2 Å². The topological polar surface area (TPSA) is 25.2 Å². The Bertz CT molecular complexity index is 600. The van der Waals surface area contributed by atoms with Crippen molar-refractivity contribution in [3.8, 4) is 0 Å². The summed E-state index contributed by atoms with van der Waals surface area (Å²) in [7, 11) is 0. The molecule has 0 amide bonds. The molecule has 1 heterocycles. The van der Waals surface area contributed by atoms with Gasteiger partial charge in [-0.3, -0.25) is 0 Å². The molecule has 2 nitrogen and oxygen atoms in total. The fraction of sp³-hybridized carbons (Fsp3) is 0.529. The predicted octanol–water partition coefficient (Wildman–Crippen LogP) is 3.57. The molecule has 3 atom stereocenters. The average molecular weight is 255 g/mol. The summed E-state index contributed by atoms with van der Waals surface area (Å²) in [5.41, 5.74) is 2.30. The predicted molar refractivity (Wildman–Crippen MR) is 76.8 cm³/mol. The van der Waals surface area contributed by atoms with Crippen LogP contribution >= 0.6 is 0 Å². The van der Waals surface area contributed by atoms with Crippen molar-refractivity contribution in [2.75, 3.05) is 0 Å². The Labute approximate surface area is 114 Å². The Morgan fingerprint density at radius 1 is 1.16 bits per heavy atom. The van der Waals surface area contributed by atoms with E-state index in [2.05, 4.69) is 29.0 Å². The Balaban J connectivity index is 1.63.